The van der Waals surface area contributed by atoms with E-state index in [1.807, 2.05) is 24.3 Å². The number of rotatable bonds is 7. The van der Waals surface area contributed by atoms with Gasteiger partial charge in [0.1, 0.15) is 17.3 Å². The van der Waals surface area contributed by atoms with Crippen LogP contribution in [0.25, 0.3) is 11.3 Å². The molecule has 0 bridgehead atoms. The zero-order chi connectivity index (χ0) is 23.3. The van der Waals surface area contributed by atoms with Crippen molar-refractivity contribution in [2.24, 2.45) is 0 Å². The van der Waals surface area contributed by atoms with E-state index < -0.39 is 0 Å². The molecule has 0 spiro atoms. The van der Waals surface area contributed by atoms with Crippen LogP contribution in [0.1, 0.15) is 21.7 Å². The summed E-state index contributed by atoms with van der Waals surface area (Å²) in [5.41, 5.74) is 2.61. The molecule has 34 heavy (non-hydrogen) atoms. The van der Waals surface area contributed by atoms with Crippen LogP contribution < -0.4 is 4.90 Å². The fourth-order valence-electron chi connectivity index (χ4n) is 4.04. The third kappa shape index (κ3) is 4.72. The number of ether oxygens (including phenoxy) is 1. The molecule has 5 rings (SSSR count). The van der Waals surface area contributed by atoms with Crippen molar-refractivity contribution in [3.05, 3.63) is 95.7 Å². The quantitative estimate of drug-likeness (QED) is 0.395. The largest absolute Gasteiger partial charge is 0.467 e. The number of carbonyl (C=O) groups is 1. The number of hydrogen-bond acceptors (Lipinski definition) is 6. The summed E-state index contributed by atoms with van der Waals surface area (Å²) in [7, 11) is 0. The van der Waals surface area contributed by atoms with Gasteiger partial charge in [-0.15, -0.1) is 0 Å². The molecule has 0 aliphatic carbocycles. The van der Waals surface area contributed by atoms with Crippen molar-refractivity contribution >= 4 is 11.8 Å². The van der Waals surface area contributed by atoms with Crippen molar-refractivity contribution in [1.82, 2.24) is 10.1 Å². The third-order valence-electron chi connectivity index (χ3n) is 5.77. The molecule has 0 N–H and O–H groups in total. The number of halogens is 1. The second-order valence-corrected chi connectivity index (χ2v) is 8.03. The molecule has 3 heterocycles. The predicted molar refractivity (Wildman–Crippen MR) is 124 cm³/mol. The van der Waals surface area contributed by atoms with Crippen molar-refractivity contribution in [2.45, 2.75) is 13.1 Å². The molecule has 2 aromatic heterocycles. The first-order chi connectivity index (χ1) is 16.7. The van der Waals surface area contributed by atoms with Gasteiger partial charge in [-0.3, -0.25) is 4.79 Å². The molecule has 0 saturated carbocycles. The normalized spacial score (nSPS) is 13.7. The van der Waals surface area contributed by atoms with Crippen LogP contribution in [0.2, 0.25) is 0 Å². The molecule has 2 aromatic carbocycles. The van der Waals surface area contributed by atoms with E-state index >= 15 is 0 Å². The Morgan fingerprint density at radius 2 is 1.74 bits per heavy atom. The minimum absolute atomic E-state index is 0.142. The van der Waals surface area contributed by atoms with Crippen molar-refractivity contribution < 1.29 is 22.9 Å². The van der Waals surface area contributed by atoms with E-state index in [0.717, 1.165) is 5.56 Å². The van der Waals surface area contributed by atoms with Crippen molar-refractivity contribution in [1.29, 1.82) is 0 Å². The van der Waals surface area contributed by atoms with Gasteiger partial charge in [-0.25, -0.2) is 4.39 Å². The lowest BCUT2D eigenvalue weighted by Gasteiger charge is -2.28. The molecule has 0 atom stereocenters. The molecule has 7 nitrogen and oxygen atoms in total. The molecule has 1 aliphatic heterocycles. The molecule has 174 valence electrons. The van der Waals surface area contributed by atoms with Crippen LogP contribution in [0.4, 0.5) is 10.3 Å². The first-order valence-corrected chi connectivity index (χ1v) is 11.1. The number of benzene rings is 2. The summed E-state index contributed by atoms with van der Waals surface area (Å²) in [6.45, 7) is 2.95. The molecule has 0 unspecified atom stereocenters. The molecule has 1 aliphatic rings. The van der Waals surface area contributed by atoms with E-state index in [1.165, 1.54) is 12.1 Å². The Morgan fingerprint density at radius 3 is 2.44 bits per heavy atom. The van der Waals surface area contributed by atoms with Crippen molar-refractivity contribution in [3.8, 4) is 11.3 Å². The molecule has 8 heteroatoms. The summed E-state index contributed by atoms with van der Waals surface area (Å²) in [6.07, 6.45) is 1.59. The number of anilines is 1. The molecular formula is C26H24FN3O4. The average molecular weight is 461 g/mol. The summed E-state index contributed by atoms with van der Waals surface area (Å²) in [5.74, 6) is 0.780. The van der Waals surface area contributed by atoms with E-state index in [2.05, 4.69) is 10.1 Å². The van der Waals surface area contributed by atoms with Crippen molar-refractivity contribution in [3.63, 3.8) is 0 Å². The predicted octanol–water partition coefficient (Wildman–Crippen LogP) is 4.75. The van der Waals surface area contributed by atoms with Gasteiger partial charge in [-0.2, -0.15) is 0 Å². The van der Waals surface area contributed by atoms with Crippen molar-refractivity contribution in [2.75, 3.05) is 31.2 Å². The van der Waals surface area contributed by atoms with E-state index in [1.54, 1.807) is 41.5 Å². The van der Waals surface area contributed by atoms with Crippen LogP contribution in [0.3, 0.4) is 0 Å². The van der Waals surface area contributed by atoms with Crippen LogP contribution in [0.15, 0.2) is 81.9 Å². The Morgan fingerprint density at radius 1 is 0.971 bits per heavy atom. The Hall–Kier alpha value is -3.91. The van der Waals surface area contributed by atoms with Gasteiger partial charge in [0, 0.05) is 24.2 Å². The lowest BCUT2D eigenvalue weighted by atomic mass is 10.1. The minimum Gasteiger partial charge on any atom is -0.467 e. The van der Waals surface area contributed by atoms with E-state index in [9.17, 15) is 9.18 Å². The molecule has 1 amide bonds. The second-order valence-electron chi connectivity index (χ2n) is 8.03. The molecule has 1 fully saturated rings. The lowest BCUT2D eigenvalue weighted by molar-refractivity contribution is 0.0717. The van der Waals surface area contributed by atoms with E-state index in [-0.39, 0.29) is 24.8 Å². The zero-order valence-corrected chi connectivity index (χ0v) is 18.5. The maximum atomic E-state index is 13.6. The fourth-order valence-corrected chi connectivity index (χ4v) is 4.04. The summed E-state index contributed by atoms with van der Waals surface area (Å²) in [4.78, 5) is 17.3. The highest BCUT2D eigenvalue weighted by atomic mass is 19.1. The Kier molecular flexibility index (Phi) is 6.40. The topological polar surface area (TPSA) is 72.0 Å². The summed E-state index contributed by atoms with van der Waals surface area (Å²) in [5, 5.41) is 4.33. The third-order valence-corrected chi connectivity index (χ3v) is 5.77. The van der Waals surface area contributed by atoms with E-state index in [0.29, 0.717) is 54.8 Å². The smallest absolute Gasteiger partial charge is 0.254 e. The van der Waals surface area contributed by atoms with Gasteiger partial charge in [0.05, 0.1) is 38.1 Å². The molecule has 0 radical (unpaired) electrons. The average Bonchev–Trinajstić information content (AvgIpc) is 3.55. The maximum absolute atomic E-state index is 13.6. The van der Waals surface area contributed by atoms with Crippen LogP contribution in [0, 0.1) is 5.82 Å². The van der Waals surface area contributed by atoms with Gasteiger partial charge < -0.3 is 23.5 Å². The van der Waals surface area contributed by atoms with Gasteiger partial charge in [0.2, 0.25) is 5.88 Å². The summed E-state index contributed by atoms with van der Waals surface area (Å²) >= 11 is 0. The first kappa shape index (κ1) is 21.9. The fraction of sp³-hybridized carbons (Fsp3) is 0.231. The Balaban J connectivity index is 1.55. The maximum Gasteiger partial charge on any atom is 0.254 e. The number of furan rings is 1. The second kappa shape index (κ2) is 9.93. The van der Waals surface area contributed by atoms with Gasteiger partial charge in [0.25, 0.3) is 5.91 Å². The van der Waals surface area contributed by atoms with Gasteiger partial charge in [0.15, 0.2) is 0 Å². The summed E-state index contributed by atoms with van der Waals surface area (Å²) in [6, 6.07) is 18.8. The zero-order valence-electron chi connectivity index (χ0n) is 18.5. The minimum atomic E-state index is -0.333. The lowest BCUT2D eigenvalue weighted by Crippen LogP contribution is -2.37. The molecular weight excluding hydrogens is 437 g/mol. The number of carbonyl (C=O) groups excluding carboxylic acids is 1. The number of morpholine rings is 1. The number of amides is 1. The van der Waals surface area contributed by atoms with Gasteiger partial charge in [-0.05, 0) is 48.5 Å². The van der Waals surface area contributed by atoms with Crippen LogP contribution >= 0.6 is 0 Å². The highest BCUT2D eigenvalue weighted by Gasteiger charge is 2.28. The first-order valence-electron chi connectivity index (χ1n) is 11.1. The van der Waals surface area contributed by atoms with Gasteiger partial charge >= 0.3 is 0 Å². The standard InChI is InChI=1S/C26H24FN3O4/c27-21-10-8-19(9-11-21)24-23(26(34-28-24)29-12-15-32-16-13-29)18-30(17-22-7-4-14-33-22)25(31)20-5-2-1-3-6-20/h1-11,14H,12-13,15-18H2. The monoisotopic (exact) mass is 461 g/mol. The Bertz CT molecular complexity index is 1220. The number of nitrogens with zero attached hydrogens (tertiary/aromatic N) is 3. The van der Waals surface area contributed by atoms with Crippen LogP contribution in [-0.2, 0) is 17.8 Å². The Labute approximate surface area is 196 Å². The highest BCUT2D eigenvalue weighted by molar-refractivity contribution is 5.94. The molecule has 1 saturated heterocycles. The SMILES string of the molecule is O=C(c1ccccc1)N(Cc1ccco1)Cc1c(-c2ccc(F)cc2)noc1N1CCOCC1. The van der Waals surface area contributed by atoms with E-state index in [4.69, 9.17) is 13.7 Å². The summed E-state index contributed by atoms with van der Waals surface area (Å²) < 4.78 is 30.4. The van der Waals surface area contributed by atoms with Crippen LogP contribution in [0.5, 0.6) is 0 Å². The highest BCUT2D eigenvalue weighted by Crippen LogP contribution is 2.34. The number of hydrogen-bond donors (Lipinski definition) is 0. The van der Waals surface area contributed by atoms with Crippen LogP contribution in [-0.4, -0.2) is 42.3 Å². The number of aromatic nitrogens is 1. The van der Waals surface area contributed by atoms with Gasteiger partial charge in [-0.1, -0.05) is 23.4 Å². The molecule has 4 aromatic rings.